The van der Waals surface area contributed by atoms with Crippen molar-refractivity contribution in [2.24, 2.45) is 5.92 Å². The van der Waals surface area contributed by atoms with E-state index in [0.29, 0.717) is 13.0 Å². The van der Waals surface area contributed by atoms with E-state index < -0.39 is 6.04 Å². The van der Waals surface area contributed by atoms with Crippen molar-refractivity contribution in [1.82, 2.24) is 20.4 Å². The fourth-order valence-electron chi connectivity index (χ4n) is 3.16. The molecule has 0 saturated heterocycles. The average Bonchev–Trinajstić information content (AvgIpc) is 3.28. The van der Waals surface area contributed by atoms with Gasteiger partial charge in [0.05, 0.1) is 12.8 Å². The zero-order valence-electron chi connectivity index (χ0n) is 18.0. The molecule has 0 aliphatic heterocycles. The standard InChI is InChI=1S/C24H28N4O3/c1-17(2)15-22(23(29)25-16-18-9-11-20(31-3)12-10-18)26-24(30)21-13-14-28(27-21)19-7-5-4-6-8-19/h4-14,17,22H,15-16H2,1-3H3,(H,25,29)(H,26,30). The molecule has 1 atom stereocenters. The predicted octanol–water partition coefficient (Wildman–Crippen LogP) is 3.34. The van der Waals surface area contributed by atoms with Gasteiger partial charge in [0.15, 0.2) is 5.69 Å². The van der Waals surface area contributed by atoms with Crippen LogP contribution in [-0.2, 0) is 11.3 Å². The number of aromatic nitrogens is 2. The van der Waals surface area contributed by atoms with Crippen LogP contribution in [0.25, 0.3) is 5.69 Å². The molecule has 0 bridgehead atoms. The fourth-order valence-corrected chi connectivity index (χ4v) is 3.16. The molecule has 3 rings (SSSR count). The normalized spacial score (nSPS) is 11.7. The molecule has 1 unspecified atom stereocenters. The van der Waals surface area contributed by atoms with Crippen molar-refractivity contribution in [3.05, 3.63) is 78.1 Å². The van der Waals surface area contributed by atoms with Gasteiger partial charge in [0.2, 0.25) is 5.91 Å². The third-order valence-corrected chi connectivity index (χ3v) is 4.80. The Kier molecular flexibility index (Phi) is 7.43. The number of carbonyl (C=O) groups is 2. The van der Waals surface area contributed by atoms with Gasteiger partial charge in [0.25, 0.3) is 5.91 Å². The number of nitrogens with one attached hydrogen (secondary N) is 2. The van der Waals surface area contributed by atoms with Crippen molar-refractivity contribution < 1.29 is 14.3 Å². The van der Waals surface area contributed by atoms with E-state index in [2.05, 4.69) is 15.7 Å². The van der Waals surface area contributed by atoms with E-state index in [4.69, 9.17) is 4.74 Å². The summed E-state index contributed by atoms with van der Waals surface area (Å²) in [5.41, 5.74) is 2.07. The van der Waals surface area contributed by atoms with Gasteiger partial charge in [0, 0.05) is 12.7 Å². The van der Waals surface area contributed by atoms with Crippen LogP contribution >= 0.6 is 0 Å². The van der Waals surface area contributed by atoms with Gasteiger partial charge in [0.1, 0.15) is 11.8 Å². The first-order valence-electron chi connectivity index (χ1n) is 10.3. The number of nitrogens with zero attached hydrogens (tertiary/aromatic N) is 2. The van der Waals surface area contributed by atoms with Crippen LogP contribution in [0.2, 0.25) is 0 Å². The van der Waals surface area contributed by atoms with Gasteiger partial charge in [-0.1, -0.05) is 44.2 Å². The van der Waals surface area contributed by atoms with Crippen LogP contribution in [0.15, 0.2) is 66.9 Å². The Balaban J connectivity index is 1.63. The highest BCUT2D eigenvalue weighted by molar-refractivity contribution is 5.96. The van der Waals surface area contributed by atoms with Crippen LogP contribution in [-0.4, -0.2) is 34.7 Å². The molecule has 1 heterocycles. The number of benzene rings is 2. The molecule has 3 aromatic rings. The van der Waals surface area contributed by atoms with Crippen molar-refractivity contribution in [1.29, 1.82) is 0 Å². The largest absolute Gasteiger partial charge is 0.497 e. The summed E-state index contributed by atoms with van der Waals surface area (Å²) in [4.78, 5) is 25.5. The molecule has 0 radical (unpaired) electrons. The monoisotopic (exact) mass is 420 g/mol. The first kappa shape index (κ1) is 22.1. The van der Waals surface area contributed by atoms with Crippen LogP contribution in [0.5, 0.6) is 5.75 Å². The molecule has 1 aromatic heterocycles. The molecule has 0 aliphatic rings. The van der Waals surface area contributed by atoms with Gasteiger partial charge in [-0.2, -0.15) is 5.10 Å². The second-order valence-electron chi connectivity index (χ2n) is 7.70. The van der Waals surface area contributed by atoms with Crippen LogP contribution in [0.1, 0.15) is 36.3 Å². The summed E-state index contributed by atoms with van der Waals surface area (Å²) in [7, 11) is 1.61. The molecular formula is C24H28N4O3. The molecule has 7 nitrogen and oxygen atoms in total. The quantitative estimate of drug-likeness (QED) is 0.556. The summed E-state index contributed by atoms with van der Waals surface area (Å²) < 4.78 is 6.79. The SMILES string of the molecule is COc1ccc(CNC(=O)C(CC(C)C)NC(=O)c2ccn(-c3ccccc3)n2)cc1. The molecule has 0 spiro atoms. The first-order valence-corrected chi connectivity index (χ1v) is 10.3. The maximum atomic E-state index is 12.8. The molecule has 2 aromatic carbocycles. The van der Waals surface area contributed by atoms with Crippen molar-refractivity contribution >= 4 is 11.8 Å². The Labute approximate surface area is 182 Å². The number of hydrogen-bond donors (Lipinski definition) is 2. The van der Waals surface area contributed by atoms with E-state index in [1.807, 2.05) is 68.4 Å². The van der Waals surface area contributed by atoms with E-state index in [-0.39, 0.29) is 23.4 Å². The van der Waals surface area contributed by atoms with Crippen LogP contribution in [0.3, 0.4) is 0 Å². The van der Waals surface area contributed by atoms with Gasteiger partial charge >= 0.3 is 0 Å². The zero-order chi connectivity index (χ0) is 22.2. The number of para-hydroxylation sites is 1. The molecule has 0 saturated carbocycles. The maximum Gasteiger partial charge on any atom is 0.272 e. The second-order valence-corrected chi connectivity index (χ2v) is 7.70. The topological polar surface area (TPSA) is 85.3 Å². The van der Waals surface area contributed by atoms with Crippen LogP contribution in [0.4, 0.5) is 0 Å². The minimum Gasteiger partial charge on any atom is -0.497 e. The van der Waals surface area contributed by atoms with Crippen molar-refractivity contribution in [3.63, 3.8) is 0 Å². The smallest absolute Gasteiger partial charge is 0.272 e. The Morgan fingerprint density at radius 3 is 2.39 bits per heavy atom. The van der Waals surface area contributed by atoms with E-state index in [0.717, 1.165) is 17.0 Å². The highest BCUT2D eigenvalue weighted by atomic mass is 16.5. The summed E-state index contributed by atoms with van der Waals surface area (Å²) in [5.74, 6) is 0.397. The number of rotatable bonds is 9. The molecular weight excluding hydrogens is 392 g/mol. The van der Waals surface area contributed by atoms with Crippen molar-refractivity contribution in [2.75, 3.05) is 7.11 Å². The van der Waals surface area contributed by atoms with Crippen molar-refractivity contribution in [2.45, 2.75) is 32.9 Å². The third kappa shape index (κ3) is 6.18. The average molecular weight is 421 g/mol. The molecule has 7 heteroatoms. The summed E-state index contributed by atoms with van der Waals surface area (Å²) in [5, 5.41) is 10.1. The fraction of sp³-hybridized carbons (Fsp3) is 0.292. The minimum atomic E-state index is -0.646. The molecule has 0 aliphatic carbocycles. The van der Waals surface area contributed by atoms with E-state index in [1.165, 1.54) is 0 Å². The third-order valence-electron chi connectivity index (χ3n) is 4.80. The highest BCUT2D eigenvalue weighted by Crippen LogP contribution is 2.12. The number of ether oxygens (including phenoxy) is 1. The first-order chi connectivity index (χ1) is 15.0. The minimum absolute atomic E-state index is 0.222. The Morgan fingerprint density at radius 1 is 1.03 bits per heavy atom. The van der Waals surface area contributed by atoms with Gasteiger partial charge in [-0.3, -0.25) is 9.59 Å². The number of amides is 2. The van der Waals surface area contributed by atoms with E-state index >= 15 is 0 Å². The Bertz CT molecular complexity index is 997. The summed E-state index contributed by atoms with van der Waals surface area (Å²) in [6.45, 7) is 4.40. The lowest BCUT2D eigenvalue weighted by Crippen LogP contribution is -2.47. The Morgan fingerprint density at radius 2 is 1.74 bits per heavy atom. The van der Waals surface area contributed by atoms with Gasteiger partial charge in [-0.05, 0) is 48.2 Å². The van der Waals surface area contributed by atoms with Crippen molar-refractivity contribution in [3.8, 4) is 11.4 Å². The molecule has 31 heavy (non-hydrogen) atoms. The lowest BCUT2D eigenvalue weighted by Gasteiger charge is -2.20. The lowest BCUT2D eigenvalue weighted by molar-refractivity contribution is -0.123. The number of methoxy groups -OCH3 is 1. The molecule has 2 amide bonds. The highest BCUT2D eigenvalue weighted by Gasteiger charge is 2.23. The van der Waals surface area contributed by atoms with Crippen LogP contribution in [0, 0.1) is 5.92 Å². The number of carbonyl (C=O) groups excluding carboxylic acids is 2. The second kappa shape index (κ2) is 10.4. The Hall–Kier alpha value is -3.61. The molecule has 0 fully saturated rings. The van der Waals surface area contributed by atoms with Crippen LogP contribution < -0.4 is 15.4 Å². The number of hydrogen-bond acceptors (Lipinski definition) is 4. The predicted molar refractivity (Wildman–Crippen MR) is 119 cm³/mol. The summed E-state index contributed by atoms with van der Waals surface area (Å²) in [6.07, 6.45) is 2.25. The van der Waals surface area contributed by atoms with Gasteiger partial charge in [-0.25, -0.2) is 4.68 Å². The van der Waals surface area contributed by atoms with E-state index in [1.54, 1.807) is 24.1 Å². The summed E-state index contributed by atoms with van der Waals surface area (Å²) >= 11 is 0. The van der Waals surface area contributed by atoms with Gasteiger partial charge < -0.3 is 15.4 Å². The maximum absolute atomic E-state index is 12.8. The molecule has 162 valence electrons. The summed E-state index contributed by atoms with van der Waals surface area (Å²) in [6, 6.07) is 18.0. The lowest BCUT2D eigenvalue weighted by atomic mass is 10.0. The zero-order valence-corrected chi connectivity index (χ0v) is 18.0. The molecule has 2 N–H and O–H groups in total. The van der Waals surface area contributed by atoms with Gasteiger partial charge in [-0.15, -0.1) is 0 Å². The van der Waals surface area contributed by atoms with E-state index in [9.17, 15) is 9.59 Å².